The molecule has 36 heavy (non-hydrogen) atoms. The third kappa shape index (κ3) is 6.63. The third-order valence-electron chi connectivity index (χ3n) is 5.32. The maximum Gasteiger partial charge on any atom is 0.380 e. The molecule has 0 amide bonds. The zero-order chi connectivity index (χ0) is 28.5. The molecule has 3 rings (SSSR count). The monoisotopic (exact) mass is 564 g/mol. The molecule has 1 unspecified atom stereocenters. The van der Waals surface area contributed by atoms with Gasteiger partial charge in [-0.15, -0.1) is 0 Å². The maximum absolute atomic E-state index is 13.9. The van der Waals surface area contributed by atoms with Crippen molar-refractivity contribution in [2.24, 2.45) is 5.92 Å². The van der Waals surface area contributed by atoms with Crippen LogP contribution in [0.1, 0.15) is 29.7 Å². The second-order valence-corrected chi connectivity index (χ2v) is 11.1. The number of ether oxygens (including phenoxy) is 2. The summed E-state index contributed by atoms with van der Waals surface area (Å²) in [5, 5.41) is 22.2. The van der Waals surface area contributed by atoms with Crippen molar-refractivity contribution in [2.75, 3.05) is 19.3 Å². The first kappa shape index (κ1) is 25.6. The Hall–Kier alpha value is -2.05. The van der Waals surface area contributed by atoms with Crippen LogP contribution >= 0.6 is 31.4 Å². The largest absolute Gasteiger partial charge is 0.466 e. The van der Waals surface area contributed by atoms with Gasteiger partial charge in [-0.3, -0.25) is 23.7 Å². The van der Waals surface area contributed by atoms with Crippen LogP contribution in [0.4, 0.5) is 0 Å². The van der Waals surface area contributed by atoms with Crippen LogP contribution in [-0.2, 0) is 23.4 Å². The number of nitrogens with zero attached hydrogens (tertiary/aromatic N) is 1. The Morgan fingerprint density at radius 2 is 2.08 bits per heavy atom. The van der Waals surface area contributed by atoms with Crippen LogP contribution < -0.4 is 10.1 Å². The van der Waals surface area contributed by atoms with E-state index in [4.69, 9.17) is 45.1 Å². The van der Waals surface area contributed by atoms with Crippen molar-refractivity contribution < 1.29 is 40.8 Å². The van der Waals surface area contributed by atoms with E-state index in [0.29, 0.717) is 5.02 Å². The number of hydrogen-bond acceptors (Lipinski definition) is 10. The fourth-order valence-electron chi connectivity index (χ4n) is 3.43. The van der Waals surface area contributed by atoms with Crippen molar-refractivity contribution in [2.45, 2.75) is 44.8 Å². The fraction of sp³-hybridized carbons (Fsp3) is 0.500. The molecule has 1 aliphatic heterocycles. The summed E-state index contributed by atoms with van der Waals surface area (Å²) < 4.78 is 53.4. The molecule has 198 valence electrons. The summed E-state index contributed by atoms with van der Waals surface area (Å²) in [5.41, 5.74) is -2.65. The highest BCUT2D eigenvalue weighted by Gasteiger charge is 2.53. The van der Waals surface area contributed by atoms with E-state index in [0.717, 1.165) is 10.6 Å². The van der Waals surface area contributed by atoms with Gasteiger partial charge in [0.15, 0.2) is 11.0 Å². The molecule has 0 saturated carbocycles. The van der Waals surface area contributed by atoms with Gasteiger partial charge in [-0.25, -0.2) is 4.57 Å². The van der Waals surface area contributed by atoms with Gasteiger partial charge < -0.3 is 24.2 Å². The number of aliphatic hydroxyl groups is 2. The Morgan fingerprint density at radius 1 is 1.42 bits per heavy atom. The average Bonchev–Trinajstić information content (AvgIpc) is 3.04. The molecule has 1 aromatic carbocycles. The Morgan fingerprint density at radius 3 is 2.69 bits per heavy atom. The highest BCUT2D eigenvalue weighted by Crippen LogP contribution is 2.51. The van der Waals surface area contributed by atoms with Crippen LogP contribution in [0.25, 0.3) is 0 Å². The van der Waals surface area contributed by atoms with E-state index in [1.807, 2.05) is 0 Å². The van der Waals surface area contributed by atoms with Crippen LogP contribution in [0, 0.1) is 10.7 Å². The molecule has 0 aliphatic carbocycles. The number of aromatic nitrogens is 2. The van der Waals surface area contributed by atoms with E-state index in [-0.39, 0.29) is 17.1 Å². The molecule has 2 heterocycles. The topological polar surface area (TPSA) is 149 Å². The fourth-order valence-corrected chi connectivity index (χ4v) is 5.53. The number of aromatic amines is 1. The molecular weight excluding hydrogens is 535 g/mol. The first-order valence-corrected chi connectivity index (χ1v) is 13.4. The van der Waals surface area contributed by atoms with Gasteiger partial charge in [0, 0.05) is 17.3 Å². The van der Waals surface area contributed by atoms with E-state index in [1.165, 1.54) is 44.3 Å². The molecule has 0 bridgehead atoms. The summed E-state index contributed by atoms with van der Waals surface area (Å²) in [6, 6.07) is 6.75. The third-order valence-corrected chi connectivity index (χ3v) is 7.75. The maximum atomic E-state index is 13.9. The molecule has 1 aromatic heterocycles. The molecule has 14 heteroatoms. The predicted octanol–water partition coefficient (Wildman–Crippen LogP) is 3.06. The van der Waals surface area contributed by atoms with Crippen molar-refractivity contribution in [3.8, 4) is 5.75 Å². The minimum Gasteiger partial charge on any atom is -0.466 e. The second kappa shape index (κ2) is 11.6. The average molecular weight is 565 g/mol. The summed E-state index contributed by atoms with van der Waals surface area (Å²) in [4.78, 5) is 26.1. The van der Waals surface area contributed by atoms with Crippen molar-refractivity contribution in [3.63, 3.8) is 0 Å². The molecule has 6 atom stereocenters. The highest BCUT2D eigenvalue weighted by molar-refractivity contribution is 7.71. The van der Waals surface area contributed by atoms with Crippen molar-refractivity contribution in [1.82, 2.24) is 9.55 Å². The van der Waals surface area contributed by atoms with E-state index < -0.39 is 61.8 Å². The second-order valence-electron chi connectivity index (χ2n) is 8.30. The number of benzene rings is 1. The normalized spacial score (nSPS) is 27.4. The van der Waals surface area contributed by atoms with Crippen molar-refractivity contribution >= 4 is 37.4 Å². The van der Waals surface area contributed by atoms with Gasteiger partial charge >= 0.3 is 13.6 Å². The molecule has 0 radical (unpaired) electrons. The minimum atomic E-state index is -4.51. The first-order valence-electron chi connectivity index (χ1n) is 11.9. The number of carbonyl (C=O) groups excluding carboxylic acids is 1. The van der Waals surface area contributed by atoms with Crippen LogP contribution in [0.5, 0.6) is 5.75 Å². The number of aliphatic hydroxyl groups excluding tert-OH is 1. The summed E-state index contributed by atoms with van der Waals surface area (Å²) in [5.74, 6) is -1.71. The van der Waals surface area contributed by atoms with Crippen LogP contribution in [0.3, 0.4) is 0 Å². The van der Waals surface area contributed by atoms with Crippen LogP contribution in [0.2, 0.25) is 5.02 Å². The van der Waals surface area contributed by atoms with Gasteiger partial charge in [0.1, 0.15) is 23.6 Å². The molecule has 1 fully saturated rings. The van der Waals surface area contributed by atoms with Crippen molar-refractivity contribution in [1.29, 1.82) is 0 Å². The molecule has 1 saturated heterocycles. The van der Waals surface area contributed by atoms with Gasteiger partial charge in [0.25, 0.3) is 5.56 Å². The number of carbonyl (C=O) groups is 1. The number of H-pyrrole nitrogens is 1. The predicted molar refractivity (Wildman–Crippen MR) is 133 cm³/mol. The summed E-state index contributed by atoms with van der Waals surface area (Å²) in [6.45, 7) is 1.23. The number of hydrogen-bond donors (Lipinski definition) is 3. The highest BCUT2D eigenvalue weighted by atomic mass is 35.5. The first-order chi connectivity index (χ1) is 17.6. The molecular formula is C22H28ClN2O9PS. The smallest absolute Gasteiger partial charge is 0.380 e. The van der Waals surface area contributed by atoms with E-state index in [9.17, 15) is 24.4 Å². The number of nitrogens with one attached hydrogen (secondary N) is 1. The standard InChI is InChI=1S/C22H28ClN2O9PS/c1-4-31-19(28)13(2)12-35(30,34-15-7-5-14(23)6-8-15)32-11-16-18(27)22(3,29)20(33-16)25-10-9-17(26)24-21(25)36/h5-10,13,16,18,20,27,29H,4,11-12H2,1-3H3,(H,24,26,36)/t13-,16-,18+,20-,22?,35+/m1/s1/i11D2. The lowest BCUT2D eigenvalue weighted by Gasteiger charge is -2.28. The molecule has 3 N–H and O–H groups in total. The lowest BCUT2D eigenvalue weighted by Crippen LogP contribution is -2.44. The SMILES string of the molecule is [2H]C([2H])(O[P@@](=O)(C[C@@H](C)C(=O)OCC)Oc1ccc(Cl)cc1)[C@H]1O[C@@H](n2ccc(=O)[nH]c2=S)C(C)(O)[C@H]1O. The Balaban J connectivity index is 1.94. The molecule has 11 nitrogen and oxygen atoms in total. The minimum absolute atomic E-state index is 0.0156. The van der Waals surface area contributed by atoms with Crippen LogP contribution in [-0.4, -0.2) is 62.9 Å². The quantitative estimate of drug-likeness (QED) is 0.223. The van der Waals surface area contributed by atoms with Gasteiger partial charge in [-0.2, -0.15) is 0 Å². The van der Waals surface area contributed by atoms with Gasteiger partial charge in [0.2, 0.25) is 0 Å². The van der Waals surface area contributed by atoms with Gasteiger partial charge in [0.05, 0.1) is 28.0 Å². The van der Waals surface area contributed by atoms with Crippen molar-refractivity contribution in [3.05, 3.63) is 56.7 Å². The summed E-state index contributed by atoms with van der Waals surface area (Å²) in [7, 11) is -4.51. The van der Waals surface area contributed by atoms with E-state index in [1.54, 1.807) is 6.92 Å². The zero-order valence-electron chi connectivity index (χ0n) is 21.6. The number of halogens is 1. The van der Waals surface area contributed by atoms with Crippen LogP contribution in [0.15, 0.2) is 41.3 Å². The summed E-state index contributed by atoms with van der Waals surface area (Å²) >= 11 is 11.0. The van der Waals surface area contributed by atoms with E-state index in [2.05, 4.69) is 4.98 Å². The number of esters is 1. The lowest BCUT2D eigenvalue weighted by atomic mass is 9.96. The zero-order valence-corrected chi connectivity index (χ0v) is 22.1. The molecule has 0 spiro atoms. The number of rotatable bonds is 10. The Labute approximate surface area is 220 Å². The van der Waals surface area contributed by atoms with Gasteiger partial charge in [-0.05, 0) is 50.3 Å². The lowest BCUT2D eigenvalue weighted by molar-refractivity contribution is -0.146. The molecule has 2 aromatic rings. The molecule has 1 aliphatic rings. The Kier molecular flexibility index (Phi) is 8.22. The van der Waals surface area contributed by atoms with Gasteiger partial charge in [-0.1, -0.05) is 18.5 Å². The summed E-state index contributed by atoms with van der Waals surface area (Å²) in [6.07, 6.45) is -4.65. The van der Waals surface area contributed by atoms with E-state index >= 15 is 0 Å². The Bertz CT molecular complexity index is 1320.